The molecule has 0 bridgehead atoms. The highest BCUT2D eigenvalue weighted by Crippen LogP contribution is 2.42. The molecule has 1 N–H and O–H groups in total. The summed E-state index contributed by atoms with van der Waals surface area (Å²) in [6.07, 6.45) is 0.619. The molecule has 1 aromatic carbocycles. The summed E-state index contributed by atoms with van der Waals surface area (Å²) in [5, 5.41) is 3.18. The second-order valence-corrected chi connectivity index (χ2v) is 4.95. The van der Waals surface area contributed by atoms with E-state index in [1.807, 2.05) is 20.8 Å². The predicted octanol–water partition coefficient (Wildman–Crippen LogP) is 3.18. The van der Waals surface area contributed by atoms with E-state index in [0.717, 1.165) is 12.1 Å². The van der Waals surface area contributed by atoms with Gasteiger partial charge in [-0.25, -0.2) is 8.78 Å². The van der Waals surface area contributed by atoms with Crippen molar-refractivity contribution in [2.75, 3.05) is 6.54 Å². The summed E-state index contributed by atoms with van der Waals surface area (Å²) in [6.45, 7) is 6.41. The Hall–Kier alpha value is -1.16. The van der Waals surface area contributed by atoms with E-state index in [4.69, 9.17) is 4.74 Å². The molecule has 2 rings (SSSR count). The van der Waals surface area contributed by atoms with Gasteiger partial charge in [0.2, 0.25) is 0 Å². The van der Waals surface area contributed by atoms with Gasteiger partial charge in [-0.1, -0.05) is 6.92 Å². The zero-order chi connectivity index (χ0) is 12.6. The number of rotatable bonds is 2. The third kappa shape index (κ3) is 2.27. The maximum Gasteiger partial charge on any atom is 0.165 e. The number of hydrogen-bond donors (Lipinski definition) is 1. The van der Waals surface area contributed by atoms with Gasteiger partial charge in [-0.2, -0.15) is 0 Å². The van der Waals surface area contributed by atoms with Gasteiger partial charge in [0.25, 0.3) is 0 Å². The van der Waals surface area contributed by atoms with E-state index < -0.39 is 17.2 Å². The first-order valence-electron chi connectivity index (χ1n) is 5.85. The van der Waals surface area contributed by atoms with Crippen LogP contribution >= 0.6 is 0 Å². The predicted molar refractivity (Wildman–Crippen MR) is 62.1 cm³/mol. The van der Waals surface area contributed by atoms with Crippen LogP contribution in [0.4, 0.5) is 8.78 Å². The molecular weight excluding hydrogens is 224 g/mol. The second kappa shape index (κ2) is 4.26. The molecule has 2 nitrogen and oxygen atoms in total. The SMILES string of the molecule is CCNC1CC(C)(C)Oc2c(F)ccc(F)c21. The van der Waals surface area contributed by atoms with E-state index in [2.05, 4.69) is 5.32 Å². The Bertz CT molecular complexity index is 432. The molecule has 4 heteroatoms. The Morgan fingerprint density at radius 1 is 1.35 bits per heavy atom. The summed E-state index contributed by atoms with van der Waals surface area (Å²) in [6, 6.07) is 2.06. The smallest absolute Gasteiger partial charge is 0.165 e. The van der Waals surface area contributed by atoms with Crippen LogP contribution in [0.2, 0.25) is 0 Å². The summed E-state index contributed by atoms with van der Waals surface area (Å²) in [7, 11) is 0. The first-order valence-corrected chi connectivity index (χ1v) is 5.85. The molecule has 0 aromatic heterocycles. The molecule has 1 unspecified atom stereocenters. The van der Waals surface area contributed by atoms with E-state index in [1.54, 1.807) is 0 Å². The molecule has 0 saturated heterocycles. The normalized spacial score (nSPS) is 21.8. The highest BCUT2D eigenvalue weighted by Gasteiger charge is 2.36. The van der Waals surface area contributed by atoms with Gasteiger partial charge in [-0.05, 0) is 32.5 Å². The van der Waals surface area contributed by atoms with Gasteiger partial charge in [0.1, 0.15) is 11.4 Å². The highest BCUT2D eigenvalue weighted by molar-refractivity contribution is 5.41. The third-order valence-corrected chi connectivity index (χ3v) is 2.97. The quantitative estimate of drug-likeness (QED) is 0.858. The standard InChI is InChI=1S/C13H17F2NO/c1-4-16-10-7-13(2,3)17-12-9(15)6-5-8(14)11(10)12/h5-6,10,16H,4,7H2,1-3H3. The molecule has 1 aliphatic rings. The van der Waals surface area contributed by atoms with Crippen LogP contribution in [0.3, 0.4) is 0 Å². The van der Waals surface area contributed by atoms with Crippen LogP contribution in [-0.4, -0.2) is 12.1 Å². The van der Waals surface area contributed by atoms with Crippen molar-refractivity contribution in [3.63, 3.8) is 0 Å². The second-order valence-electron chi connectivity index (χ2n) is 4.95. The van der Waals surface area contributed by atoms with Crippen molar-refractivity contribution < 1.29 is 13.5 Å². The average molecular weight is 241 g/mol. The van der Waals surface area contributed by atoms with Gasteiger partial charge in [0.15, 0.2) is 11.6 Å². The van der Waals surface area contributed by atoms with E-state index >= 15 is 0 Å². The van der Waals surface area contributed by atoms with Gasteiger partial charge in [0, 0.05) is 18.0 Å². The van der Waals surface area contributed by atoms with Gasteiger partial charge < -0.3 is 10.1 Å². The Labute approximate surface area is 100.0 Å². The van der Waals surface area contributed by atoms with Gasteiger partial charge in [0.05, 0.1) is 0 Å². The van der Waals surface area contributed by atoms with Crippen LogP contribution < -0.4 is 10.1 Å². The summed E-state index contributed by atoms with van der Waals surface area (Å²) < 4.78 is 33.0. The first-order chi connectivity index (χ1) is 7.94. The molecule has 0 saturated carbocycles. The molecule has 1 aromatic rings. The Morgan fingerprint density at radius 2 is 2.00 bits per heavy atom. The fourth-order valence-electron chi connectivity index (χ4n) is 2.31. The molecular formula is C13H17F2NO. The summed E-state index contributed by atoms with van der Waals surface area (Å²) >= 11 is 0. The van der Waals surface area contributed by atoms with Gasteiger partial charge in [-0.3, -0.25) is 0 Å². The molecule has 0 radical (unpaired) electrons. The molecule has 0 spiro atoms. The van der Waals surface area contributed by atoms with Crippen LogP contribution in [0.5, 0.6) is 5.75 Å². The topological polar surface area (TPSA) is 21.3 Å². The minimum absolute atomic E-state index is 0.0483. The molecule has 1 heterocycles. The maximum absolute atomic E-state index is 13.8. The van der Waals surface area contributed by atoms with Crippen molar-refractivity contribution in [1.82, 2.24) is 5.32 Å². The van der Waals surface area contributed by atoms with Crippen LogP contribution in [0.15, 0.2) is 12.1 Å². The zero-order valence-corrected chi connectivity index (χ0v) is 10.3. The number of halogens is 2. The Morgan fingerprint density at radius 3 is 2.65 bits per heavy atom. The number of fused-ring (bicyclic) bond motifs is 1. The van der Waals surface area contributed by atoms with E-state index in [-0.39, 0.29) is 11.8 Å². The summed E-state index contributed by atoms with van der Waals surface area (Å²) in [4.78, 5) is 0. The largest absolute Gasteiger partial charge is 0.484 e. The first kappa shape index (κ1) is 12.3. The van der Waals surface area contributed by atoms with Crippen molar-refractivity contribution in [2.24, 2.45) is 0 Å². The summed E-state index contributed by atoms with van der Waals surface area (Å²) in [5.74, 6) is -0.868. The minimum atomic E-state index is -0.503. The van der Waals surface area contributed by atoms with E-state index in [1.165, 1.54) is 0 Å². The Balaban J connectivity index is 2.52. The van der Waals surface area contributed by atoms with Crippen LogP contribution in [0, 0.1) is 11.6 Å². The van der Waals surface area contributed by atoms with E-state index in [9.17, 15) is 8.78 Å². The highest BCUT2D eigenvalue weighted by atomic mass is 19.1. The van der Waals surface area contributed by atoms with Crippen molar-refractivity contribution in [2.45, 2.75) is 38.8 Å². The monoisotopic (exact) mass is 241 g/mol. The van der Waals surface area contributed by atoms with Crippen molar-refractivity contribution in [3.05, 3.63) is 29.3 Å². The lowest BCUT2D eigenvalue weighted by molar-refractivity contribution is 0.0593. The lowest BCUT2D eigenvalue weighted by atomic mass is 9.89. The van der Waals surface area contributed by atoms with Crippen LogP contribution in [0.1, 0.15) is 38.8 Å². The summed E-state index contributed by atoms with van der Waals surface area (Å²) in [5.41, 5.74) is -0.180. The van der Waals surface area contributed by atoms with E-state index in [0.29, 0.717) is 18.5 Å². The number of benzene rings is 1. The average Bonchev–Trinajstić information content (AvgIpc) is 2.22. The van der Waals surface area contributed by atoms with Crippen molar-refractivity contribution >= 4 is 0 Å². The van der Waals surface area contributed by atoms with Gasteiger partial charge in [-0.15, -0.1) is 0 Å². The molecule has 0 aliphatic carbocycles. The number of ether oxygens (including phenoxy) is 1. The number of nitrogens with one attached hydrogen (secondary N) is 1. The van der Waals surface area contributed by atoms with Crippen LogP contribution in [0.25, 0.3) is 0 Å². The molecule has 94 valence electrons. The zero-order valence-electron chi connectivity index (χ0n) is 10.3. The Kier molecular flexibility index (Phi) is 3.08. The fraction of sp³-hybridized carbons (Fsp3) is 0.538. The molecule has 1 atom stereocenters. The van der Waals surface area contributed by atoms with Gasteiger partial charge >= 0.3 is 0 Å². The maximum atomic E-state index is 13.8. The molecule has 17 heavy (non-hydrogen) atoms. The lowest BCUT2D eigenvalue weighted by Gasteiger charge is -2.38. The third-order valence-electron chi connectivity index (χ3n) is 2.97. The van der Waals surface area contributed by atoms with Crippen molar-refractivity contribution in [1.29, 1.82) is 0 Å². The number of hydrogen-bond acceptors (Lipinski definition) is 2. The fourth-order valence-corrected chi connectivity index (χ4v) is 2.31. The molecule has 1 aliphatic heterocycles. The van der Waals surface area contributed by atoms with Crippen molar-refractivity contribution in [3.8, 4) is 5.75 Å². The molecule has 0 amide bonds. The van der Waals surface area contributed by atoms with Crippen LogP contribution in [-0.2, 0) is 0 Å². The lowest BCUT2D eigenvalue weighted by Crippen LogP contribution is -2.40. The molecule has 0 fully saturated rings. The minimum Gasteiger partial charge on any atom is -0.484 e.